The van der Waals surface area contributed by atoms with Crippen LogP contribution >= 0.6 is 0 Å². The number of ether oxygens (including phenoxy) is 1. The summed E-state index contributed by atoms with van der Waals surface area (Å²) in [7, 11) is -2.15. The van der Waals surface area contributed by atoms with Crippen molar-refractivity contribution < 1.29 is 22.7 Å². The van der Waals surface area contributed by atoms with Gasteiger partial charge in [-0.25, -0.2) is 0 Å². The van der Waals surface area contributed by atoms with Gasteiger partial charge in [-0.2, -0.15) is 8.42 Å². The molecular formula is C24H26N4O5S. The van der Waals surface area contributed by atoms with Gasteiger partial charge in [-0.15, -0.1) is 4.40 Å². The summed E-state index contributed by atoms with van der Waals surface area (Å²) in [6, 6.07) is 13.7. The van der Waals surface area contributed by atoms with Crippen molar-refractivity contribution in [2.45, 2.75) is 30.3 Å². The third-order valence-corrected chi connectivity index (χ3v) is 7.69. The number of amides is 2. The summed E-state index contributed by atoms with van der Waals surface area (Å²) in [5.41, 5.74) is 1.06. The van der Waals surface area contributed by atoms with Crippen LogP contribution in [-0.2, 0) is 19.6 Å². The van der Waals surface area contributed by atoms with Crippen molar-refractivity contribution in [1.82, 2.24) is 9.80 Å². The number of benzene rings is 2. The molecule has 3 aliphatic rings. The van der Waals surface area contributed by atoms with E-state index < -0.39 is 16.1 Å². The maximum Gasteiger partial charge on any atom is 0.285 e. The Bertz CT molecular complexity index is 1270. The second-order valence-corrected chi connectivity index (χ2v) is 10.3. The normalized spacial score (nSPS) is 20.6. The quantitative estimate of drug-likeness (QED) is 0.662. The van der Waals surface area contributed by atoms with Crippen molar-refractivity contribution in [2.75, 3.05) is 38.1 Å². The zero-order chi connectivity index (χ0) is 23.9. The minimum Gasteiger partial charge on any atom is -0.476 e. The van der Waals surface area contributed by atoms with Crippen LogP contribution in [0.3, 0.4) is 0 Å². The topological polar surface area (TPSA) is 99.6 Å². The summed E-state index contributed by atoms with van der Waals surface area (Å²) < 4.78 is 34.7. The van der Waals surface area contributed by atoms with E-state index in [0.717, 1.165) is 19.3 Å². The number of likely N-dealkylation sites (tertiary alicyclic amines) is 1. The molecule has 0 aliphatic carbocycles. The summed E-state index contributed by atoms with van der Waals surface area (Å²) in [5, 5.41) is 0. The van der Waals surface area contributed by atoms with Crippen molar-refractivity contribution in [1.29, 1.82) is 0 Å². The number of carbonyl (C=O) groups is 2. The van der Waals surface area contributed by atoms with E-state index in [9.17, 15) is 18.0 Å². The van der Waals surface area contributed by atoms with Gasteiger partial charge < -0.3 is 19.4 Å². The van der Waals surface area contributed by atoms with Crippen molar-refractivity contribution >= 4 is 33.4 Å². The van der Waals surface area contributed by atoms with Gasteiger partial charge in [0.2, 0.25) is 5.91 Å². The Morgan fingerprint density at radius 1 is 1.06 bits per heavy atom. The lowest BCUT2D eigenvalue weighted by Crippen LogP contribution is -2.54. The molecule has 0 bridgehead atoms. The Morgan fingerprint density at radius 2 is 1.76 bits per heavy atom. The standard InChI is InChI=1S/C24H26N4O5S/c1-26(23-17-9-3-6-12-21(17)34(31,32)25-23)16-22(29)28-15-20(24(30)27-13-7-2-8-14-27)33-19-11-5-4-10-18(19)28/h3-6,9-12,20H,2,7-8,13-16H2,1H3. The van der Waals surface area contributed by atoms with E-state index in [4.69, 9.17) is 4.74 Å². The van der Waals surface area contributed by atoms with Crippen LogP contribution in [0.2, 0.25) is 0 Å². The number of para-hydroxylation sites is 2. The third-order valence-electron chi connectivity index (χ3n) is 6.36. The Kier molecular flexibility index (Phi) is 5.76. The Hall–Kier alpha value is -3.40. The highest BCUT2D eigenvalue weighted by atomic mass is 32.2. The van der Waals surface area contributed by atoms with Gasteiger partial charge in [-0.1, -0.05) is 24.3 Å². The van der Waals surface area contributed by atoms with Gasteiger partial charge in [0.15, 0.2) is 11.9 Å². The molecule has 1 saturated heterocycles. The lowest BCUT2D eigenvalue weighted by atomic mass is 10.1. The number of fused-ring (bicyclic) bond motifs is 2. The molecule has 2 aromatic carbocycles. The molecule has 9 nitrogen and oxygen atoms in total. The monoisotopic (exact) mass is 482 g/mol. The van der Waals surface area contributed by atoms with E-state index in [1.807, 2.05) is 11.0 Å². The van der Waals surface area contributed by atoms with Crippen molar-refractivity contribution in [3.8, 4) is 5.75 Å². The van der Waals surface area contributed by atoms with Crippen molar-refractivity contribution in [2.24, 2.45) is 4.40 Å². The average Bonchev–Trinajstić information content (AvgIpc) is 3.14. The van der Waals surface area contributed by atoms with E-state index in [-0.39, 0.29) is 35.6 Å². The fourth-order valence-electron chi connectivity index (χ4n) is 4.64. The first kappa shape index (κ1) is 22.4. The smallest absolute Gasteiger partial charge is 0.285 e. The highest BCUT2D eigenvalue weighted by Crippen LogP contribution is 2.34. The molecule has 0 radical (unpaired) electrons. The molecule has 1 unspecified atom stereocenters. The van der Waals surface area contributed by atoms with E-state index >= 15 is 0 Å². The first-order chi connectivity index (χ1) is 16.3. The molecule has 10 heteroatoms. The van der Waals surface area contributed by atoms with Gasteiger partial charge >= 0.3 is 0 Å². The zero-order valence-electron chi connectivity index (χ0n) is 18.9. The number of rotatable bonds is 3. The predicted octanol–water partition coefficient (Wildman–Crippen LogP) is 1.87. The maximum absolute atomic E-state index is 13.4. The van der Waals surface area contributed by atoms with E-state index in [2.05, 4.69) is 4.40 Å². The van der Waals surface area contributed by atoms with E-state index in [1.54, 1.807) is 48.3 Å². The summed E-state index contributed by atoms with van der Waals surface area (Å²) >= 11 is 0. The van der Waals surface area contributed by atoms with E-state index in [1.165, 1.54) is 11.0 Å². The molecule has 3 heterocycles. The van der Waals surface area contributed by atoms with Gasteiger partial charge in [0.1, 0.15) is 10.6 Å². The lowest BCUT2D eigenvalue weighted by Gasteiger charge is -2.37. The number of hydrogen-bond acceptors (Lipinski definition) is 6. The second-order valence-electron chi connectivity index (χ2n) is 8.71. The molecule has 5 rings (SSSR count). The summed E-state index contributed by atoms with van der Waals surface area (Å²) in [4.78, 5) is 31.6. The number of sulfonamides is 1. The molecule has 0 N–H and O–H groups in total. The van der Waals surface area contributed by atoms with Gasteiger partial charge in [0, 0.05) is 25.7 Å². The van der Waals surface area contributed by atoms with Gasteiger partial charge in [-0.3, -0.25) is 9.59 Å². The second kappa shape index (κ2) is 8.75. The minimum atomic E-state index is -3.79. The van der Waals surface area contributed by atoms with Crippen molar-refractivity contribution in [3.63, 3.8) is 0 Å². The first-order valence-electron chi connectivity index (χ1n) is 11.4. The predicted molar refractivity (Wildman–Crippen MR) is 126 cm³/mol. The Labute approximate surface area is 198 Å². The lowest BCUT2D eigenvalue weighted by molar-refractivity contribution is -0.139. The van der Waals surface area contributed by atoms with Crippen LogP contribution in [0.5, 0.6) is 5.75 Å². The number of carbonyl (C=O) groups excluding carboxylic acids is 2. The molecule has 34 heavy (non-hydrogen) atoms. The summed E-state index contributed by atoms with van der Waals surface area (Å²) in [6.07, 6.45) is 2.26. The van der Waals surface area contributed by atoms with Crippen LogP contribution < -0.4 is 9.64 Å². The number of nitrogens with zero attached hydrogens (tertiary/aromatic N) is 4. The van der Waals surface area contributed by atoms with Crippen LogP contribution in [0.1, 0.15) is 24.8 Å². The van der Waals surface area contributed by atoms with Gasteiger partial charge in [-0.05, 0) is 43.5 Å². The maximum atomic E-state index is 13.4. The fraction of sp³-hybridized carbons (Fsp3) is 0.375. The molecule has 3 aliphatic heterocycles. The average molecular weight is 483 g/mol. The number of likely N-dealkylation sites (N-methyl/N-ethyl adjacent to an activating group) is 1. The van der Waals surface area contributed by atoms with Crippen LogP contribution in [0.25, 0.3) is 0 Å². The van der Waals surface area contributed by atoms with Crippen LogP contribution in [0.15, 0.2) is 57.8 Å². The third kappa shape index (κ3) is 4.02. The number of anilines is 1. The van der Waals surface area contributed by atoms with Crippen LogP contribution in [-0.4, -0.2) is 75.2 Å². The molecule has 0 aromatic heterocycles. The molecule has 1 fully saturated rings. The van der Waals surface area contributed by atoms with Crippen molar-refractivity contribution in [3.05, 3.63) is 54.1 Å². The molecule has 2 aromatic rings. The SMILES string of the molecule is CN(CC(=O)N1CC(C(=O)N2CCCCC2)Oc2ccccc21)C1=NS(=O)(=O)c2ccccc21. The molecule has 0 spiro atoms. The largest absolute Gasteiger partial charge is 0.476 e. The van der Waals surface area contributed by atoms with Crippen LogP contribution in [0, 0.1) is 0 Å². The summed E-state index contributed by atoms with van der Waals surface area (Å²) in [5.74, 6) is 0.317. The molecule has 1 atom stereocenters. The molecule has 178 valence electrons. The number of amidine groups is 1. The zero-order valence-corrected chi connectivity index (χ0v) is 19.7. The van der Waals surface area contributed by atoms with Gasteiger partial charge in [0.05, 0.1) is 18.8 Å². The molecule has 0 saturated carbocycles. The molecular weight excluding hydrogens is 456 g/mol. The summed E-state index contributed by atoms with van der Waals surface area (Å²) in [6.45, 7) is 1.39. The highest BCUT2D eigenvalue weighted by molar-refractivity contribution is 7.90. The number of piperidine rings is 1. The molecule has 2 amide bonds. The number of hydrogen-bond donors (Lipinski definition) is 0. The Morgan fingerprint density at radius 3 is 2.56 bits per heavy atom. The Balaban J connectivity index is 1.38. The minimum absolute atomic E-state index is 0.0976. The fourth-order valence-corrected chi connectivity index (χ4v) is 5.90. The van der Waals surface area contributed by atoms with E-state index in [0.29, 0.717) is 30.1 Å². The van der Waals surface area contributed by atoms with Crippen LogP contribution in [0.4, 0.5) is 5.69 Å². The first-order valence-corrected chi connectivity index (χ1v) is 12.8. The highest BCUT2D eigenvalue weighted by Gasteiger charge is 2.37. The van der Waals surface area contributed by atoms with Gasteiger partial charge in [0.25, 0.3) is 15.9 Å².